The fourth-order valence-electron chi connectivity index (χ4n) is 4.83. The summed E-state index contributed by atoms with van der Waals surface area (Å²) in [6, 6.07) is 7.55. The van der Waals surface area contributed by atoms with Crippen LogP contribution in [0.3, 0.4) is 0 Å². The van der Waals surface area contributed by atoms with Crippen LogP contribution in [0.5, 0.6) is 5.75 Å². The van der Waals surface area contributed by atoms with E-state index in [-0.39, 0.29) is 38.0 Å². The Hall–Kier alpha value is -2.57. The van der Waals surface area contributed by atoms with E-state index in [0.717, 1.165) is 19.4 Å². The average Bonchev–Trinajstić information content (AvgIpc) is 2.76. The molecule has 2 atom stereocenters. The number of fused-ring (bicyclic) bond motifs is 2. The number of esters is 1. The van der Waals surface area contributed by atoms with Crippen molar-refractivity contribution < 1.29 is 23.9 Å². The Kier molecular flexibility index (Phi) is 6.02. The molecule has 1 aromatic carbocycles. The Bertz CT molecular complexity index is 778. The van der Waals surface area contributed by atoms with Gasteiger partial charge in [-0.05, 0) is 43.7 Å². The number of para-hydroxylation sites is 2. The van der Waals surface area contributed by atoms with Crippen molar-refractivity contribution in [3.8, 4) is 5.75 Å². The normalized spacial score (nSPS) is 23.7. The van der Waals surface area contributed by atoms with Crippen LogP contribution in [-0.2, 0) is 19.1 Å². The predicted molar refractivity (Wildman–Crippen MR) is 107 cm³/mol. The molecule has 1 aliphatic carbocycles. The van der Waals surface area contributed by atoms with Crippen molar-refractivity contribution >= 4 is 23.5 Å². The first-order valence-electron chi connectivity index (χ1n) is 10.6. The van der Waals surface area contributed by atoms with E-state index in [2.05, 4.69) is 0 Å². The summed E-state index contributed by atoms with van der Waals surface area (Å²) in [5.41, 5.74) is 0.657. The highest BCUT2D eigenvalue weighted by Crippen LogP contribution is 2.35. The van der Waals surface area contributed by atoms with Gasteiger partial charge in [0.2, 0.25) is 0 Å². The van der Waals surface area contributed by atoms with Gasteiger partial charge in [-0.2, -0.15) is 0 Å². The summed E-state index contributed by atoms with van der Waals surface area (Å²) < 4.78 is 10.7. The van der Waals surface area contributed by atoms with Crippen LogP contribution in [0.25, 0.3) is 0 Å². The number of piperidine rings is 1. The van der Waals surface area contributed by atoms with Gasteiger partial charge in [0.05, 0.1) is 12.1 Å². The summed E-state index contributed by atoms with van der Waals surface area (Å²) >= 11 is 0. The molecule has 4 rings (SSSR count). The number of rotatable bonds is 5. The molecular formula is C22H28N2O5. The molecule has 29 heavy (non-hydrogen) atoms. The summed E-state index contributed by atoms with van der Waals surface area (Å²) in [5, 5.41) is 0. The fourth-order valence-corrected chi connectivity index (χ4v) is 4.83. The monoisotopic (exact) mass is 400 g/mol. The lowest BCUT2D eigenvalue weighted by atomic mass is 9.78. The molecule has 0 aromatic heterocycles. The molecule has 0 bridgehead atoms. The molecule has 1 aromatic rings. The average molecular weight is 400 g/mol. The molecule has 2 fully saturated rings. The second kappa shape index (κ2) is 8.84. The van der Waals surface area contributed by atoms with Crippen LogP contribution in [0.15, 0.2) is 24.3 Å². The Morgan fingerprint density at radius 2 is 1.90 bits per heavy atom. The number of carbonyl (C=O) groups excluding carboxylic acids is 3. The van der Waals surface area contributed by atoms with Crippen molar-refractivity contribution in [3.05, 3.63) is 24.3 Å². The van der Waals surface area contributed by atoms with Crippen LogP contribution in [0, 0.1) is 5.92 Å². The van der Waals surface area contributed by atoms with E-state index < -0.39 is 5.97 Å². The van der Waals surface area contributed by atoms with Gasteiger partial charge in [-0.15, -0.1) is 0 Å². The number of benzene rings is 1. The van der Waals surface area contributed by atoms with Gasteiger partial charge in [-0.3, -0.25) is 14.4 Å². The summed E-state index contributed by atoms with van der Waals surface area (Å²) in [7, 11) is 0. The Morgan fingerprint density at radius 3 is 2.79 bits per heavy atom. The molecular weight excluding hydrogens is 372 g/mol. The highest BCUT2D eigenvalue weighted by Gasteiger charge is 2.35. The quantitative estimate of drug-likeness (QED) is 0.710. The second-order valence-corrected chi connectivity index (χ2v) is 8.05. The SMILES string of the molecule is O=C(CCN1C(=O)COc2ccccc21)OCC(=O)N1CCC[C@@H]2CCCC[C@@H]21. The van der Waals surface area contributed by atoms with Crippen molar-refractivity contribution in [2.75, 3.05) is 31.2 Å². The van der Waals surface area contributed by atoms with Crippen molar-refractivity contribution in [2.24, 2.45) is 5.92 Å². The second-order valence-electron chi connectivity index (χ2n) is 8.05. The van der Waals surface area contributed by atoms with Crippen molar-refractivity contribution in [3.63, 3.8) is 0 Å². The van der Waals surface area contributed by atoms with Gasteiger partial charge in [0.1, 0.15) is 5.75 Å². The minimum absolute atomic E-state index is 0.0396. The predicted octanol–water partition coefficient (Wildman–Crippen LogP) is 2.53. The lowest BCUT2D eigenvalue weighted by Crippen LogP contribution is -2.51. The first-order valence-corrected chi connectivity index (χ1v) is 10.6. The maximum Gasteiger partial charge on any atom is 0.308 e. The third-order valence-electron chi connectivity index (χ3n) is 6.27. The van der Waals surface area contributed by atoms with Gasteiger partial charge in [0.15, 0.2) is 13.2 Å². The minimum atomic E-state index is -0.465. The van der Waals surface area contributed by atoms with E-state index in [4.69, 9.17) is 9.47 Å². The lowest BCUT2D eigenvalue weighted by molar-refractivity contribution is -0.154. The summed E-state index contributed by atoms with van der Waals surface area (Å²) in [5.74, 6) is 0.478. The molecule has 2 amide bonds. The maximum absolute atomic E-state index is 12.6. The molecule has 3 aliphatic rings. The van der Waals surface area contributed by atoms with Gasteiger partial charge in [-0.1, -0.05) is 25.0 Å². The van der Waals surface area contributed by atoms with E-state index in [9.17, 15) is 14.4 Å². The summed E-state index contributed by atoms with van der Waals surface area (Å²) in [4.78, 5) is 40.5. The van der Waals surface area contributed by atoms with Crippen molar-refractivity contribution in [1.29, 1.82) is 0 Å². The molecule has 156 valence electrons. The van der Waals surface area contributed by atoms with Crippen LogP contribution in [0.1, 0.15) is 44.9 Å². The molecule has 1 saturated carbocycles. The zero-order chi connectivity index (χ0) is 20.2. The third-order valence-corrected chi connectivity index (χ3v) is 6.27. The van der Waals surface area contributed by atoms with Gasteiger partial charge in [-0.25, -0.2) is 0 Å². The van der Waals surface area contributed by atoms with Crippen LogP contribution in [-0.4, -0.2) is 55.0 Å². The molecule has 2 aliphatic heterocycles. The Labute approximate surface area is 170 Å². The standard InChI is InChI=1S/C22H28N2O5/c25-20-14-28-19-10-4-3-9-18(19)24(20)13-11-22(27)29-15-21(26)23-12-5-7-16-6-1-2-8-17(16)23/h3-4,9-10,16-17H,1-2,5-8,11-15H2/t16-,17-/m0/s1. The highest BCUT2D eigenvalue weighted by atomic mass is 16.5. The summed E-state index contributed by atoms with van der Waals surface area (Å²) in [6.07, 6.45) is 6.94. The number of hydrogen-bond donors (Lipinski definition) is 0. The van der Waals surface area contributed by atoms with Crippen molar-refractivity contribution in [2.45, 2.75) is 51.0 Å². The lowest BCUT2D eigenvalue weighted by Gasteiger charge is -2.44. The van der Waals surface area contributed by atoms with E-state index in [1.54, 1.807) is 17.0 Å². The van der Waals surface area contributed by atoms with Gasteiger partial charge in [0, 0.05) is 19.1 Å². The van der Waals surface area contributed by atoms with Crippen LogP contribution in [0.4, 0.5) is 5.69 Å². The summed E-state index contributed by atoms with van der Waals surface area (Å²) in [6.45, 7) is 0.717. The van der Waals surface area contributed by atoms with E-state index in [1.165, 1.54) is 25.7 Å². The molecule has 0 unspecified atom stereocenters. The van der Waals surface area contributed by atoms with Crippen molar-refractivity contribution in [1.82, 2.24) is 4.90 Å². The molecule has 2 heterocycles. The largest absolute Gasteiger partial charge is 0.482 e. The molecule has 1 saturated heterocycles. The maximum atomic E-state index is 12.6. The van der Waals surface area contributed by atoms with Gasteiger partial charge in [0.25, 0.3) is 11.8 Å². The Morgan fingerprint density at radius 1 is 1.10 bits per heavy atom. The van der Waals surface area contributed by atoms with E-state index in [0.29, 0.717) is 23.4 Å². The number of anilines is 1. The molecule has 0 N–H and O–H groups in total. The number of likely N-dealkylation sites (tertiary alicyclic amines) is 1. The van der Waals surface area contributed by atoms with Crippen LogP contribution >= 0.6 is 0 Å². The third kappa shape index (κ3) is 4.38. The molecule has 7 heteroatoms. The van der Waals surface area contributed by atoms with Gasteiger partial charge >= 0.3 is 5.97 Å². The Balaban J connectivity index is 1.27. The molecule has 0 radical (unpaired) electrons. The zero-order valence-corrected chi connectivity index (χ0v) is 16.7. The smallest absolute Gasteiger partial charge is 0.308 e. The first-order chi connectivity index (χ1) is 14.1. The topological polar surface area (TPSA) is 76.1 Å². The first kappa shape index (κ1) is 19.7. The number of nitrogens with zero attached hydrogens (tertiary/aromatic N) is 2. The van der Waals surface area contributed by atoms with Crippen LogP contribution in [0.2, 0.25) is 0 Å². The van der Waals surface area contributed by atoms with Gasteiger partial charge < -0.3 is 19.3 Å². The van der Waals surface area contributed by atoms with Crippen LogP contribution < -0.4 is 9.64 Å². The highest BCUT2D eigenvalue weighted by molar-refractivity contribution is 5.98. The number of ether oxygens (including phenoxy) is 2. The molecule has 7 nitrogen and oxygen atoms in total. The number of carbonyl (C=O) groups is 3. The number of amides is 2. The fraction of sp³-hybridized carbons (Fsp3) is 0.591. The van der Waals surface area contributed by atoms with E-state index >= 15 is 0 Å². The molecule has 0 spiro atoms. The van der Waals surface area contributed by atoms with E-state index in [1.807, 2.05) is 17.0 Å². The minimum Gasteiger partial charge on any atom is -0.482 e. The number of hydrogen-bond acceptors (Lipinski definition) is 5. The zero-order valence-electron chi connectivity index (χ0n) is 16.7.